The molecule has 0 bridgehead atoms. The SMILES string of the molecule is O=C(CCc1nc(-c2ccccn2)no1)N1CCC[C@@H]1c1ccsc1. The molecule has 0 aliphatic carbocycles. The van der Waals surface area contributed by atoms with Gasteiger partial charge in [-0.3, -0.25) is 9.78 Å². The van der Waals surface area contributed by atoms with E-state index >= 15 is 0 Å². The van der Waals surface area contributed by atoms with E-state index in [9.17, 15) is 4.79 Å². The van der Waals surface area contributed by atoms with E-state index < -0.39 is 0 Å². The molecule has 0 radical (unpaired) electrons. The molecule has 4 rings (SSSR count). The highest BCUT2D eigenvalue weighted by molar-refractivity contribution is 7.07. The molecular formula is C18H18N4O2S. The average Bonchev–Trinajstić information content (AvgIpc) is 3.41. The third-order valence-corrected chi connectivity index (χ3v) is 5.12. The van der Waals surface area contributed by atoms with Gasteiger partial charge < -0.3 is 9.42 Å². The maximum Gasteiger partial charge on any atom is 0.227 e. The van der Waals surface area contributed by atoms with Gasteiger partial charge in [-0.15, -0.1) is 0 Å². The van der Waals surface area contributed by atoms with E-state index in [1.807, 2.05) is 23.1 Å². The van der Waals surface area contributed by atoms with Crippen LogP contribution in [0.4, 0.5) is 0 Å². The van der Waals surface area contributed by atoms with Gasteiger partial charge in [0.05, 0.1) is 6.04 Å². The van der Waals surface area contributed by atoms with Crippen LogP contribution >= 0.6 is 11.3 Å². The minimum absolute atomic E-state index is 0.145. The van der Waals surface area contributed by atoms with Crippen LogP contribution in [-0.4, -0.2) is 32.5 Å². The Labute approximate surface area is 149 Å². The van der Waals surface area contributed by atoms with Gasteiger partial charge in [0, 0.05) is 25.6 Å². The number of hydrogen-bond acceptors (Lipinski definition) is 6. The number of carbonyl (C=O) groups excluding carboxylic acids is 1. The van der Waals surface area contributed by atoms with E-state index in [0.29, 0.717) is 30.3 Å². The zero-order chi connectivity index (χ0) is 17.1. The van der Waals surface area contributed by atoms with Gasteiger partial charge in [-0.1, -0.05) is 11.2 Å². The molecule has 25 heavy (non-hydrogen) atoms. The summed E-state index contributed by atoms with van der Waals surface area (Å²) in [7, 11) is 0. The maximum atomic E-state index is 12.6. The Morgan fingerprint density at radius 1 is 1.36 bits per heavy atom. The molecule has 1 aliphatic rings. The highest BCUT2D eigenvalue weighted by Crippen LogP contribution is 2.33. The van der Waals surface area contributed by atoms with Crippen molar-refractivity contribution < 1.29 is 9.32 Å². The zero-order valence-electron chi connectivity index (χ0n) is 13.7. The molecule has 7 heteroatoms. The van der Waals surface area contributed by atoms with Gasteiger partial charge in [-0.25, -0.2) is 0 Å². The summed E-state index contributed by atoms with van der Waals surface area (Å²) < 4.78 is 5.26. The molecule has 1 atom stereocenters. The summed E-state index contributed by atoms with van der Waals surface area (Å²) in [5.41, 5.74) is 1.91. The number of nitrogens with zero attached hydrogens (tertiary/aromatic N) is 4. The molecule has 3 aromatic heterocycles. The van der Waals surface area contributed by atoms with E-state index in [1.165, 1.54) is 5.56 Å². The molecule has 1 saturated heterocycles. The van der Waals surface area contributed by atoms with Gasteiger partial charge in [0.2, 0.25) is 17.6 Å². The Hall–Kier alpha value is -2.54. The molecule has 0 N–H and O–H groups in total. The number of thiophene rings is 1. The van der Waals surface area contributed by atoms with E-state index in [-0.39, 0.29) is 11.9 Å². The molecule has 0 spiro atoms. The molecule has 0 aromatic carbocycles. The van der Waals surface area contributed by atoms with Crippen molar-refractivity contribution in [3.05, 3.63) is 52.7 Å². The van der Waals surface area contributed by atoms with Crippen molar-refractivity contribution in [3.63, 3.8) is 0 Å². The van der Waals surface area contributed by atoms with Crippen LogP contribution in [0.5, 0.6) is 0 Å². The van der Waals surface area contributed by atoms with E-state index in [2.05, 4.69) is 32.0 Å². The fourth-order valence-electron chi connectivity index (χ4n) is 3.19. The number of hydrogen-bond donors (Lipinski definition) is 0. The lowest BCUT2D eigenvalue weighted by molar-refractivity contribution is -0.132. The third-order valence-electron chi connectivity index (χ3n) is 4.42. The van der Waals surface area contributed by atoms with Crippen molar-refractivity contribution in [3.8, 4) is 11.5 Å². The lowest BCUT2D eigenvalue weighted by Crippen LogP contribution is -2.30. The van der Waals surface area contributed by atoms with Gasteiger partial charge in [0.15, 0.2) is 0 Å². The maximum absolute atomic E-state index is 12.6. The molecule has 0 saturated carbocycles. The van der Waals surface area contributed by atoms with Gasteiger partial charge in [0.1, 0.15) is 5.69 Å². The van der Waals surface area contributed by atoms with Crippen LogP contribution in [0.3, 0.4) is 0 Å². The van der Waals surface area contributed by atoms with Crippen molar-refractivity contribution in [2.75, 3.05) is 6.54 Å². The van der Waals surface area contributed by atoms with Crippen LogP contribution in [0.2, 0.25) is 0 Å². The molecule has 0 unspecified atom stereocenters. The number of aromatic nitrogens is 3. The lowest BCUT2D eigenvalue weighted by atomic mass is 10.1. The number of likely N-dealkylation sites (tertiary alicyclic amines) is 1. The quantitative estimate of drug-likeness (QED) is 0.701. The normalized spacial score (nSPS) is 17.1. The highest BCUT2D eigenvalue weighted by Gasteiger charge is 2.30. The monoisotopic (exact) mass is 354 g/mol. The van der Waals surface area contributed by atoms with E-state index in [4.69, 9.17) is 4.52 Å². The Morgan fingerprint density at radius 2 is 2.32 bits per heavy atom. The molecular weight excluding hydrogens is 336 g/mol. The van der Waals surface area contributed by atoms with Gasteiger partial charge in [-0.05, 0) is 47.4 Å². The van der Waals surface area contributed by atoms with Gasteiger partial charge in [0.25, 0.3) is 0 Å². The number of carbonyl (C=O) groups is 1. The minimum atomic E-state index is 0.145. The number of rotatable bonds is 5. The smallest absolute Gasteiger partial charge is 0.227 e. The second kappa shape index (κ2) is 7.14. The van der Waals surface area contributed by atoms with Gasteiger partial charge >= 0.3 is 0 Å². The topological polar surface area (TPSA) is 72.1 Å². The predicted molar refractivity (Wildman–Crippen MR) is 93.9 cm³/mol. The molecule has 128 valence electrons. The van der Waals surface area contributed by atoms with E-state index in [1.54, 1.807) is 17.5 Å². The summed E-state index contributed by atoms with van der Waals surface area (Å²) in [5, 5.41) is 8.14. The van der Waals surface area contributed by atoms with Gasteiger partial charge in [-0.2, -0.15) is 16.3 Å². The molecule has 4 heterocycles. The third kappa shape index (κ3) is 3.46. The van der Waals surface area contributed by atoms with Crippen LogP contribution in [0, 0.1) is 0 Å². The molecule has 1 amide bonds. The minimum Gasteiger partial charge on any atom is -0.339 e. The van der Waals surface area contributed by atoms with Crippen molar-refractivity contribution in [1.29, 1.82) is 0 Å². The summed E-state index contributed by atoms with van der Waals surface area (Å²) in [6.07, 6.45) is 4.60. The molecule has 1 fully saturated rings. The molecule has 6 nitrogen and oxygen atoms in total. The Balaban J connectivity index is 1.38. The van der Waals surface area contributed by atoms with Crippen molar-refractivity contribution in [2.45, 2.75) is 31.7 Å². The molecule has 1 aliphatic heterocycles. The fraction of sp³-hybridized carbons (Fsp3) is 0.333. The number of amides is 1. The Bertz CT molecular complexity index is 832. The number of pyridine rings is 1. The molecule has 3 aromatic rings. The van der Waals surface area contributed by atoms with Crippen molar-refractivity contribution >= 4 is 17.2 Å². The summed E-state index contributed by atoms with van der Waals surface area (Å²) in [6, 6.07) is 7.86. The first-order valence-electron chi connectivity index (χ1n) is 8.37. The van der Waals surface area contributed by atoms with Crippen LogP contribution in [0.15, 0.2) is 45.7 Å². The standard InChI is InChI=1S/C18H18N4O2S/c23-17(22-10-3-5-15(22)13-8-11-25-12-13)7-6-16-20-18(21-24-16)14-4-1-2-9-19-14/h1-2,4,8-9,11-12,15H,3,5-7,10H2/t15-/m1/s1. The van der Waals surface area contributed by atoms with Crippen LogP contribution < -0.4 is 0 Å². The summed E-state index contributed by atoms with van der Waals surface area (Å²) in [4.78, 5) is 23.2. The highest BCUT2D eigenvalue weighted by atomic mass is 32.1. The van der Waals surface area contributed by atoms with Crippen molar-refractivity contribution in [1.82, 2.24) is 20.0 Å². The largest absolute Gasteiger partial charge is 0.339 e. The predicted octanol–water partition coefficient (Wildman–Crippen LogP) is 3.49. The Morgan fingerprint density at radius 3 is 3.12 bits per heavy atom. The first-order chi connectivity index (χ1) is 12.3. The van der Waals surface area contributed by atoms with Crippen LogP contribution in [0.1, 0.15) is 36.8 Å². The second-order valence-corrected chi connectivity index (χ2v) is 6.81. The lowest BCUT2D eigenvalue weighted by Gasteiger charge is -2.24. The Kier molecular flexibility index (Phi) is 4.56. The summed E-state index contributed by atoms with van der Waals surface area (Å²) in [5.74, 6) is 1.08. The first kappa shape index (κ1) is 16.0. The van der Waals surface area contributed by atoms with Crippen molar-refractivity contribution in [2.24, 2.45) is 0 Å². The summed E-state index contributed by atoms with van der Waals surface area (Å²) >= 11 is 1.67. The van der Waals surface area contributed by atoms with E-state index in [0.717, 1.165) is 19.4 Å². The summed E-state index contributed by atoms with van der Waals surface area (Å²) in [6.45, 7) is 0.822. The van der Waals surface area contributed by atoms with Crippen LogP contribution in [0.25, 0.3) is 11.5 Å². The second-order valence-electron chi connectivity index (χ2n) is 6.03. The number of aryl methyl sites for hydroxylation is 1. The first-order valence-corrected chi connectivity index (χ1v) is 9.31. The van der Waals surface area contributed by atoms with Crippen LogP contribution in [-0.2, 0) is 11.2 Å². The fourth-order valence-corrected chi connectivity index (χ4v) is 3.90. The average molecular weight is 354 g/mol. The zero-order valence-corrected chi connectivity index (χ0v) is 14.5.